The number of halogens is 1. The first-order valence-corrected chi connectivity index (χ1v) is 6.33. The lowest BCUT2D eigenvalue weighted by atomic mass is 10.1. The van der Waals surface area contributed by atoms with Crippen LogP contribution in [0.1, 0.15) is 16.2 Å². The molecule has 5 nitrogen and oxygen atoms in total. The van der Waals surface area contributed by atoms with Gasteiger partial charge in [0.05, 0.1) is 16.7 Å². The minimum Gasteiger partial charge on any atom is -0.398 e. The zero-order valence-corrected chi connectivity index (χ0v) is 11.4. The summed E-state index contributed by atoms with van der Waals surface area (Å²) < 4.78 is 1.43. The van der Waals surface area contributed by atoms with E-state index < -0.39 is 0 Å². The minimum atomic E-state index is -0.299. The van der Waals surface area contributed by atoms with Crippen molar-refractivity contribution < 1.29 is 4.79 Å². The summed E-state index contributed by atoms with van der Waals surface area (Å²) in [6.07, 6.45) is 1.43. The average Bonchev–Trinajstić information content (AvgIpc) is 2.77. The first-order valence-electron chi connectivity index (χ1n) is 5.95. The van der Waals surface area contributed by atoms with E-state index in [1.165, 1.54) is 10.9 Å². The van der Waals surface area contributed by atoms with E-state index in [9.17, 15) is 4.79 Å². The number of nitrogen functional groups attached to an aromatic ring is 1. The lowest BCUT2D eigenvalue weighted by Crippen LogP contribution is -2.11. The third kappa shape index (κ3) is 1.92. The van der Waals surface area contributed by atoms with E-state index in [1.807, 2.05) is 24.3 Å². The molecule has 0 radical (unpaired) electrons. The highest BCUT2D eigenvalue weighted by molar-refractivity contribution is 6.34. The van der Waals surface area contributed by atoms with Crippen molar-refractivity contribution in [2.45, 2.75) is 0 Å². The average molecular weight is 287 g/mol. The van der Waals surface area contributed by atoms with E-state index in [-0.39, 0.29) is 11.5 Å². The number of hydrogen-bond acceptors (Lipinski definition) is 4. The Hall–Kier alpha value is -2.40. The Morgan fingerprint density at radius 3 is 2.80 bits per heavy atom. The monoisotopic (exact) mass is 286 g/mol. The van der Waals surface area contributed by atoms with Crippen molar-refractivity contribution in [3.8, 4) is 0 Å². The molecule has 0 bridgehead atoms. The van der Waals surface area contributed by atoms with Crippen molar-refractivity contribution in [3.05, 3.63) is 52.9 Å². The molecule has 0 fully saturated rings. The van der Waals surface area contributed by atoms with E-state index in [2.05, 4.69) is 10.1 Å². The molecule has 6 heteroatoms. The first kappa shape index (κ1) is 12.6. The smallest absolute Gasteiger partial charge is 0.230 e. The molecule has 0 saturated carbocycles. The number of nitrogens with two attached hydrogens (primary N) is 1. The van der Waals surface area contributed by atoms with E-state index in [0.717, 1.165) is 5.39 Å². The van der Waals surface area contributed by atoms with Gasteiger partial charge in [-0.25, -0.2) is 4.98 Å². The molecule has 2 N–H and O–H groups in total. The van der Waals surface area contributed by atoms with Crippen molar-refractivity contribution in [2.24, 2.45) is 7.05 Å². The van der Waals surface area contributed by atoms with Crippen molar-refractivity contribution in [2.75, 3.05) is 5.73 Å². The number of benzene rings is 1. The van der Waals surface area contributed by atoms with E-state index in [4.69, 9.17) is 17.3 Å². The zero-order valence-electron chi connectivity index (χ0n) is 10.7. The van der Waals surface area contributed by atoms with Gasteiger partial charge < -0.3 is 5.73 Å². The van der Waals surface area contributed by atoms with Gasteiger partial charge >= 0.3 is 0 Å². The van der Waals surface area contributed by atoms with Crippen molar-refractivity contribution in [1.82, 2.24) is 14.8 Å². The van der Waals surface area contributed by atoms with Crippen LogP contribution in [-0.4, -0.2) is 20.5 Å². The Morgan fingerprint density at radius 1 is 1.35 bits per heavy atom. The van der Waals surface area contributed by atoms with Crippen molar-refractivity contribution in [1.29, 1.82) is 0 Å². The van der Waals surface area contributed by atoms with Gasteiger partial charge in [0.25, 0.3) is 0 Å². The highest BCUT2D eigenvalue weighted by atomic mass is 35.5. The Kier molecular flexibility index (Phi) is 2.91. The molecular formula is C14H11ClN4O. The SMILES string of the molecule is Cn1ncc(Cl)c1C(=O)c1cc(N)c2ccccc2n1. The molecule has 3 rings (SSSR count). The van der Waals surface area contributed by atoms with E-state index in [0.29, 0.717) is 21.9 Å². The van der Waals surface area contributed by atoms with Crippen LogP contribution in [0.25, 0.3) is 10.9 Å². The lowest BCUT2D eigenvalue weighted by molar-refractivity contribution is 0.102. The summed E-state index contributed by atoms with van der Waals surface area (Å²) in [6, 6.07) is 8.96. The maximum Gasteiger partial charge on any atom is 0.230 e. The predicted octanol–water partition coefficient (Wildman–Crippen LogP) is 2.43. The fourth-order valence-electron chi connectivity index (χ4n) is 2.11. The number of carbonyl (C=O) groups is 1. The van der Waals surface area contributed by atoms with E-state index in [1.54, 1.807) is 13.1 Å². The summed E-state index contributed by atoms with van der Waals surface area (Å²) in [7, 11) is 1.66. The molecule has 0 unspecified atom stereocenters. The van der Waals surface area contributed by atoms with Gasteiger partial charge in [-0.05, 0) is 12.1 Å². The molecule has 100 valence electrons. The minimum absolute atomic E-state index is 0.256. The number of aryl methyl sites for hydroxylation is 1. The molecule has 3 aromatic rings. The fraction of sp³-hybridized carbons (Fsp3) is 0.0714. The van der Waals surface area contributed by atoms with Crippen LogP contribution in [0.3, 0.4) is 0 Å². The van der Waals surface area contributed by atoms with Gasteiger partial charge in [-0.3, -0.25) is 9.48 Å². The molecule has 0 aliphatic rings. The number of hydrogen-bond donors (Lipinski definition) is 1. The molecule has 2 aromatic heterocycles. The van der Waals surface area contributed by atoms with Gasteiger partial charge in [0.15, 0.2) is 0 Å². The van der Waals surface area contributed by atoms with Crippen LogP contribution >= 0.6 is 11.6 Å². The van der Waals surface area contributed by atoms with Crippen LogP contribution in [0.2, 0.25) is 5.02 Å². The standard InChI is InChI=1S/C14H11ClN4O/c1-19-13(9(15)7-17-19)14(20)12-6-10(16)8-4-2-3-5-11(8)18-12/h2-7H,1H3,(H2,16,18). The summed E-state index contributed by atoms with van der Waals surface area (Å²) in [5, 5.41) is 5.07. The number of rotatable bonds is 2. The molecule has 2 heterocycles. The topological polar surface area (TPSA) is 73.8 Å². The van der Waals surface area contributed by atoms with E-state index >= 15 is 0 Å². The van der Waals surface area contributed by atoms with Gasteiger partial charge in [0.1, 0.15) is 11.4 Å². The van der Waals surface area contributed by atoms with Crippen LogP contribution in [0, 0.1) is 0 Å². The predicted molar refractivity (Wildman–Crippen MR) is 77.8 cm³/mol. The largest absolute Gasteiger partial charge is 0.398 e. The van der Waals surface area contributed by atoms with Gasteiger partial charge in [-0.1, -0.05) is 29.8 Å². The number of fused-ring (bicyclic) bond motifs is 1. The van der Waals surface area contributed by atoms with Gasteiger partial charge in [-0.15, -0.1) is 0 Å². The number of carbonyl (C=O) groups excluding carboxylic acids is 1. The highest BCUT2D eigenvalue weighted by Crippen LogP contribution is 2.23. The number of pyridine rings is 1. The van der Waals surface area contributed by atoms with Crippen LogP contribution in [0.4, 0.5) is 5.69 Å². The maximum atomic E-state index is 12.5. The molecule has 0 aliphatic heterocycles. The quantitative estimate of drug-likeness (QED) is 0.734. The summed E-state index contributed by atoms with van der Waals surface area (Å²) >= 11 is 5.98. The summed E-state index contributed by atoms with van der Waals surface area (Å²) in [5.41, 5.74) is 7.72. The second-order valence-electron chi connectivity index (χ2n) is 4.41. The van der Waals surface area contributed by atoms with Crippen LogP contribution in [0.5, 0.6) is 0 Å². The second kappa shape index (κ2) is 4.61. The Bertz CT molecular complexity index is 806. The molecule has 20 heavy (non-hydrogen) atoms. The summed E-state index contributed by atoms with van der Waals surface area (Å²) in [5.74, 6) is -0.299. The Balaban J connectivity index is 2.18. The maximum absolute atomic E-state index is 12.5. The molecule has 0 amide bonds. The van der Waals surface area contributed by atoms with Gasteiger partial charge in [0, 0.05) is 18.1 Å². The molecule has 1 aromatic carbocycles. The summed E-state index contributed by atoms with van der Waals surface area (Å²) in [4.78, 5) is 16.8. The molecule has 0 aliphatic carbocycles. The third-order valence-electron chi connectivity index (χ3n) is 3.09. The number of anilines is 1. The van der Waals surface area contributed by atoms with Crippen LogP contribution in [-0.2, 0) is 7.05 Å². The highest BCUT2D eigenvalue weighted by Gasteiger charge is 2.19. The number of ketones is 1. The van der Waals surface area contributed by atoms with Gasteiger partial charge in [-0.2, -0.15) is 5.10 Å². The first-order chi connectivity index (χ1) is 9.58. The number of nitrogens with zero attached hydrogens (tertiary/aromatic N) is 3. The second-order valence-corrected chi connectivity index (χ2v) is 4.81. The normalized spacial score (nSPS) is 10.9. The third-order valence-corrected chi connectivity index (χ3v) is 3.37. The molecule has 0 atom stereocenters. The van der Waals surface area contributed by atoms with Crippen LogP contribution in [0.15, 0.2) is 36.5 Å². The zero-order chi connectivity index (χ0) is 14.3. The lowest BCUT2D eigenvalue weighted by Gasteiger charge is -2.06. The Morgan fingerprint density at radius 2 is 2.10 bits per heavy atom. The summed E-state index contributed by atoms with van der Waals surface area (Å²) in [6.45, 7) is 0. The Labute approximate surface area is 120 Å². The van der Waals surface area contributed by atoms with Crippen molar-refractivity contribution in [3.63, 3.8) is 0 Å². The molecule has 0 saturated heterocycles. The van der Waals surface area contributed by atoms with Gasteiger partial charge in [0.2, 0.25) is 5.78 Å². The number of para-hydroxylation sites is 1. The number of aromatic nitrogens is 3. The van der Waals surface area contributed by atoms with Crippen LogP contribution < -0.4 is 5.73 Å². The molecule has 0 spiro atoms. The fourth-order valence-corrected chi connectivity index (χ4v) is 2.36. The van der Waals surface area contributed by atoms with Crippen molar-refractivity contribution >= 4 is 34.0 Å². The molecular weight excluding hydrogens is 276 g/mol.